The van der Waals surface area contributed by atoms with Crippen LogP contribution in [0.2, 0.25) is 0 Å². The second-order valence-electron chi connectivity index (χ2n) is 3.24. The van der Waals surface area contributed by atoms with Crippen LogP contribution in [0.4, 0.5) is 13.2 Å². The number of Topliss-reactive ketones (excluding diaryl/α,β-unsaturated/α-hetero) is 1. The minimum absolute atomic E-state index is 0.0390. The quantitative estimate of drug-likeness (QED) is 0.593. The van der Waals surface area contributed by atoms with Crippen molar-refractivity contribution in [1.29, 1.82) is 0 Å². The molecule has 0 saturated heterocycles. The summed E-state index contributed by atoms with van der Waals surface area (Å²) >= 11 is 1.39. The van der Waals surface area contributed by atoms with Gasteiger partial charge in [-0.2, -0.15) is 24.9 Å². The van der Waals surface area contributed by atoms with Gasteiger partial charge >= 0.3 is 5.51 Å². The summed E-state index contributed by atoms with van der Waals surface area (Å²) < 4.78 is 36.2. The molecule has 0 aromatic heterocycles. The summed E-state index contributed by atoms with van der Waals surface area (Å²) in [4.78, 5) is 11.7. The molecule has 94 valence electrons. The zero-order valence-electron chi connectivity index (χ0n) is 9.08. The number of carbonyl (C=O) groups excluding carboxylic acids is 1. The van der Waals surface area contributed by atoms with Crippen LogP contribution in [0.25, 0.3) is 0 Å². The molecule has 1 aromatic carbocycles. The fourth-order valence-electron chi connectivity index (χ4n) is 1.18. The van der Waals surface area contributed by atoms with E-state index >= 15 is 0 Å². The Kier molecular flexibility index (Phi) is 5.39. The Morgan fingerprint density at radius 2 is 1.82 bits per heavy atom. The molecule has 0 fully saturated rings. The van der Waals surface area contributed by atoms with Crippen molar-refractivity contribution in [2.75, 3.05) is 12.0 Å². The second-order valence-corrected chi connectivity index (χ2v) is 5.36. The number of hydrogen-bond donors (Lipinski definition) is 0. The van der Waals surface area contributed by atoms with E-state index in [1.165, 1.54) is 24.3 Å². The van der Waals surface area contributed by atoms with E-state index in [0.29, 0.717) is 12.0 Å². The molecular formula is C11H11F3OS2. The third-order valence-corrected chi connectivity index (χ3v) is 3.29. The molecule has 0 unspecified atom stereocenters. The molecule has 0 N–H and O–H groups in total. The molecule has 1 rings (SSSR count). The van der Waals surface area contributed by atoms with Gasteiger partial charge in [-0.25, -0.2) is 0 Å². The third-order valence-electron chi connectivity index (χ3n) is 1.94. The Hall–Kier alpha value is -0.620. The van der Waals surface area contributed by atoms with Gasteiger partial charge in [0.2, 0.25) is 0 Å². The predicted molar refractivity (Wildman–Crippen MR) is 65.7 cm³/mol. The van der Waals surface area contributed by atoms with Gasteiger partial charge in [-0.05, 0) is 30.2 Å². The summed E-state index contributed by atoms with van der Waals surface area (Å²) in [6, 6.07) is 5.53. The van der Waals surface area contributed by atoms with E-state index in [1.807, 2.05) is 6.26 Å². The molecule has 0 aliphatic carbocycles. The Morgan fingerprint density at radius 1 is 1.24 bits per heavy atom. The Morgan fingerprint density at radius 3 is 2.29 bits per heavy atom. The van der Waals surface area contributed by atoms with Gasteiger partial charge in [-0.15, -0.1) is 0 Å². The Labute approximate surface area is 106 Å². The van der Waals surface area contributed by atoms with Crippen LogP contribution in [0, 0.1) is 0 Å². The van der Waals surface area contributed by atoms with Gasteiger partial charge < -0.3 is 0 Å². The number of alkyl halides is 3. The van der Waals surface area contributed by atoms with Gasteiger partial charge in [0.25, 0.3) is 0 Å². The number of hydrogen-bond acceptors (Lipinski definition) is 3. The molecule has 0 atom stereocenters. The molecule has 0 amide bonds. The lowest BCUT2D eigenvalue weighted by atomic mass is 10.1. The minimum atomic E-state index is -4.29. The molecule has 0 heterocycles. The summed E-state index contributed by atoms with van der Waals surface area (Å²) in [6.45, 7) is 0. The first kappa shape index (κ1) is 14.4. The summed E-state index contributed by atoms with van der Waals surface area (Å²) in [5.74, 6) is 0.681. The van der Waals surface area contributed by atoms with E-state index in [4.69, 9.17) is 0 Å². The highest BCUT2D eigenvalue weighted by atomic mass is 32.2. The first-order valence-corrected chi connectivity index (χ1v) is 7.01. The van der Waals surface area contributed by atoms with Crippen LogP contribution in [0.5, 0.6) is 0 Å². The normalized spacial score (nSPS) is 11.5. The first-order valence-electron chi connectivity index (χ1n) is 4.80. The zero-order valence-corrected chi connectivity index (χ0v) is 10.7. The van der Waals surface area contributed by atoms with E-state index < -0.39 is 5.51 Å². The average Bonchev–Trinajstić information content (AvgIpc) is 2.24. The molecule has 0 saturated carbocycles. The highest BCUT2D eigenvalue weighted by molar-refractivity contribution is 8.00. The number of rotatable bonds is 5. The summed E-state index contributed by atoms with van der Waals surface area (Å²) in [6.07, 6.45) is 2.31. The lowest BCUT2D eigenvalue weighted by Crippen LogP contribution is -2.01. The van der Waals surface area contributed by atoms with Crippen molar-refractivity contribution in [3.8, 4) is 0 Å². The van der Waals surface area contributed by atoms with Gasteiger partial charge in [0.05, 0.1) is 0 Å². The smallest absolute Gasteiger partial charge is 0.294 e. The molecule has 1 aromatic rings. The number of carbonyl (C=O) groups is 1. The molecule has 0 aliphatic heterocycles. The van der Waals surface area contributed by atoms with Crippen LogP contribution >= 0.6 is 23.5 Å². The van der Waals surface area contributed by atoms with Crippen LogP contribution in [0.3, 0.4) is 0 Å². The topological polar surface area (TPSA) is 17.1 Å². The van der Waals surface area contributed by atoms with Gasteiger partial charge in [0, 0.05) is 22.6 Å². The van der Waals surface area contributed by atoms with E-state index in [9.17, 15) is 18.0 Å². The van der Waals surface area contributed by atoms with Gasteiger partial charge in [-0.3, -0.25) is 4.79 Å². The van der Waals surface area contributed by atoms with E-state index in [1.54, 1.807) is 11.8 Å². The van der Waals surface area contributed by atoms with Crippen molar-refractivity contribution >= 4 is 29.3 Å². The number of benzene rings is 1. The van der Waals surface area contributed by atoms with Crippen molar-refractivity contribution in [2.45, 2.75) is 16.8 Å². The Balaban J connectivity index is 2.64. The maximum atomic E-state index is 12.1. The molecule has 17 heavy (non-hydrogen) atoms. The van der Waals surface area contributed by atoms with Crippen molar-refractivity contribution in [3.63, 3.8) is 0 Å². The van der Waals surface area contributed by atoms with Crippen molar-refractivity contribution in [3.05, 3.63) is 29.8 Å². The van der Waals surface area contributed by atoms with Crippen LogP contribution < -0.4 is 0 Å². The van der Waals surface area contributed by atoms with E-state index in [2.05, 4.69) is 0 Å². The summed E-state index contributed by atoms with van der Waals surface area (Å²) in [5, 5.41) is 0. The second kappa shape index (κ2) is 6.35. The van der Waals surface area contributed by atoms with Crippen LogP contribution in [0.1, 0.15) is 16.8 Å². The standard InChI is InChI=1S/C11H11F3OS2/c1-16-7-6-10(15)8-2-4-9(5-3-8)17-11(12,13)14/h2-5H,6-7H2,1H3. The zero-order chi connectivity index (χ0) is 12.9. The first-order chi connectivity index (χ1) is 7.92. The van der Waals surface area contributed by atoms with Crippen molar-refractivity contribution in [2.24, 2.45) is 0 Å². The highest BCUT2D eigenvalue weighted by Gasteiger charge is 2.29. The molecule has 0 radical (unpaired) electrons. The lowest BCUT2D eigenvalue weighted by molar-refractivity contribution is -0.0328. The fraction of sp³-hybridized carbons (Fsp3) is 0.364. The monoisotopic (exact) mass is 280 g/mol. The summed E-state index contributed by atoms with van der Waals surface area (Å²) in [7, 11) is 0. The molecule has 6 heteroatoms. The SMILES string of the molecule is CSCCC(=O)c1ccc(SC(F)(F)F)cc1. The average molecular weight is 280 g/mol. The fourth-order valence-corrected chi connectivity index (χ4v) is 2.11. The number of halogens is 3. The maximum absolute atomic E-state index is 12.1. The summed E-state index contributed by atoms with van der Waals surface area (Å²) in [5.41, 5.74) is -3.82. The Bertz CT molecular complexity index is 373. The van der Waals surface area contributed by atoms with Crippen LogP contribution in [-0.2, 0) is 0 Å². The molecule has 0 spiro atoms. The van der Waals surface area contributed by atoms with Crippen molar-refractivity contribution < 1.29 is 18.0 Å². The van der Waals surface area contributed by atoms with Gasteiger partial charge in [0.1, 0.15) is 0 Å². The number of thioether (sulfide) groups is 2. The largest absolute Gasteiger partial charge is 0.446 e. The van der Waals surface area contributed by atoms with Crippen LogP contribution in [-0.4, -0.2) is 23.3 Å². The van der Waals surface area contributed by atoms with E-state index in [0.717, 1.165) is 5.75 Å². The van der Waals surface area contributed by atoms with Crippen molar-refractivity contribution in [1.82, 2.24) is 0 Å². The molecule has 0 aliphatic rings. The van der Waals surface area contributed by atoms with Crippen LogP contribution in [0.15, 0.2) is 29.2 Å². The maximum Gasteiger partial charge on any atom is 0.446 e. The molecular weight excluding hydrogens is 269 g/mol. The highest BCUT2D eigenvalue weighted by Crippen LogP contribution is 2.36. The van der Waals surface area contributed by atoms with Gasteiger partial charge in [0.15, 0.2) is 5.78 Å². The third kappa shape index (κ3) is 5.50. The lowest BCUT2D eigenvalue weighted by Gasteiger charge is -2.06. The molecule has 1 nitrogen and oxygen atoms in total. The van der Waals surface area contributed by atoms with Gasteiger partial charge in [-0.1, -0.05) is 12.1 Å². The predicted octanol–water partition coefficient (Wildman–Crippen LogP) is 4.23. The number of ketones is 1. The minimum Gasteiger partial charge on any atom is -0.294 e. The molecule has 0 bridgehead atoms. The van der Waals surface area contributed by atoms with E-state index in [-0.39, 0.29) is 22.4 Å².